The highest BCUT2D eigenvalue weighted by molar-refractivity contribution is 5.24. The molecular formula is C14H26N4O. The van der Waals surface area contributed by atoms with Gasteiger partial charge >= 0.3 is 6.01 Å². The Hall–Kier alpha value is -1.10. The van der Waals surface area contributed by atoms with Crippen LogP contribution < -0.4 is 10.2 Å². The van der Waals surface area contributed by atoms with Crippen LogP contribution in [0.5, 0.6) is 0 Å². The summed E-state index contributed by atoms with van der Waals surface area (Å²) < 4.78 is 5.73. The highest BCUT2D eigenvalue weighted by Gasteiger charge is 2.22. The molecule has 1 saturated heterocycles. The van der Waals surface area contributed by atoms with Crippen LogP contribution in [0, 0.1) is 5.92 Å². The maximum absolute atomic E-state index is 5.73. The summed E-state index contributed by atoms with van der Waals surface area (Å²) >= 11 is 0. The van der Waals surface area contributed by atoms with Crippen molar-refractivity contribution < 1.29 is 4.42 Å². The number of aromatic nitrogens is 2. The summed E-state index contributed by atoms with van der Waals surface area (Å²) in [5.74, 6) is 1.53. The lowest BCUT2D eigenvalue weighted by atomic mass is 9.95. The quantitative estimate of drug-likeness (QED) is 0.907. The molecule has 0 spiro atoms. The van der Waals surface area contributed by atoms with Gasteiger partial charge in [-0.3, -0.25) is 0 Å². The van der Waals surface area contributed by atoms with E-state index in [1.165, 1.54) is 19.3 Å². The molecule has 0 aromatic carbocycles. The van der Waals surface area contributed by atoms with Crippen molar-refractivity contribution >= 4 is 6.01 Å². The Morgan fingerprint density at radius 3 is 2.53 bits per heavy atom. The van der Waals surface area contributed by atoms with Crippen LogP contribution in [0.2, 0.25) is 0 Å². The Morgan fingerprint density at radius 1 is 1.26 bits per heavy atom. The molecule has 0 unspecified atom stereocenters. The second kappa shape index (κ2) is 5.90. The number of hydrogen-bond donors (Lipinski definition) is 1. The third kappa shape index (κ3) is 4.20. The first-order valence-electron chi connectivity index (χ1n) is 7.30. The highest BCUT2D eigenvalue weighted by atomic mass is 16.4. The van der Waals surface area contributed by atoms with Crippen LogP contribution in [-0.2, 0) is 6.54 Å². The van der Waals surface area contributed by atoms with Gasteiger partial charge in [0.15, 0.2) is 0 Å². The van der Waals surface area contributed by atoms with E-state index in [9.17, 15) is 0 Å². The number of nitrogens with zero attached hydrogens (tertiary/aromatic N) is 3. The molecule has 1 aromatic rings. The van der Waals surface area contributed by atoms with Gasteiger partial charge in [0, 0.05) is 18.6 Å². The summed E-state index contributed by atoms with van der Waals surface area (Å²) in [6.07, 6.45) is 3.74. The van der Waals surface area contributed by atoms with Crippen LogP contribution in [0.25, 0.3) is 0 Å². The maximum Gasteiger partial charge on any atom is 0.318 e. The second-order valence-electron chi connectivity index (χ2n) is 6.42. The van der Waals surface area contributed by atoms with Crippen molar-refractivity contribution in [2.45, 2.75) is 59.0 Å². The number of hydrogen-bond acceptors (Lipinski definition) is 5. The normalized spacial score (nSPS) is 18.0. The molecule has 108 valence electrons. The van der Waals surface area contributed by atoms with Crippen molar-refractivity contribution in [2.24, 2.45) is 5.92 Å². The first-order valence-corrected chi connectivity index (χ1v) is 7.30. The van der Waals surface area contributed by atoms with E-state index in [1.54, 1.807) is 0 Å². The molecule has 1 fully saturated rings. The van der Waals surface area contributed by atoms with Crippen molar-refractivity contribution in [2.75, 3.05) is 18.0 Å². The highest BCUT2D eigenvalue weighted by Crippen LogP contribution is 2.24. The van der Waals surface area contributed by atoms with E-state index in [-0.39, 0.29) is 5.54 Å². The topological polar surface area (TPSA) is 54.2 Å². The minimum atomic E-state index is 0.0636. The summed E-state index contributed by atoms with van der Waals surface area (Å²) in [7, 11) is 0. The van der Waals surface area contributed by atoms with Gasteiger partial charge in [0.1, 0.15) is 0 Å². The van der Waals surface area contributed by atoms with Gasteiger partial charge in [-0.2, -0.15) is 0 Å². The fraction of sp³-hybridized carbons (Fsp3) is 0.857. The van der Waals surface area contributed by atoms with Gasteiger partial charge in [0.05, 0.1) is 6.54 Å². The van der Waals surface area contributed by atoms with E-state index in [2.05, 4.69) is 48.1 Å². The van der Waals surface area contributed by atoms with E-state index in [0.717, 1.165) is 19.0 Å². The predicted octanol–water partition coefficient (Wildman–Crippen LogP) is 2.58. The van der Waals surface area contributed by atoms with Crippen molar-refractivity contribution in [3.05, 3.63) is 5.89 Å². The number of piperidine rings is 1. The number of nitrogens with one attached hydrogen (secondary N) is 1. The molecule has 19 heavy (non-hydrogen) atoms. The fourth-order valence-corrected chi connectivity index (χ4v) is 2.32. The third-order valence-corrected chi connectivity index (χ3v) is 3.69. The Balaban J connectivity index is 1.87. The minimum absolute atomic E-state index is 0.0636. The van der Waals surface area contributed by atoms with Crippen molar-refractivity contribution in [1.29, 1.82) is 0 Å². The van der Waals surface area contributed by atoms with Crippen LogP contribution in [0.1, 0.15) is 52.8 Å². The molecule has 1 aliphatic heterocycles. The molecule has 0 saturated carbocycles. The second-order valence-corrected chi connectivity index (χ2v) is 6.42. The molecule has 5 heteroatoms. The average Bonchev–Trinajstić information content (AvgIpc) is 2.84. The largest absolute Gasteiger partial charge is 0.407 e. The zero-order chi connectivity index (χ0) is 13.9. The molecule has 0 bridgehead atoms. The molecule has 1 aliphatic rings. The summed E-state index contributed by atoms with van der Waals surface area (Å²) in [6.45, 7) is 11.3. The summed E-state index contributed by atoms with van der Waals surface area (Å²) in [4.78, 5) is 2.21. The van der Waals surface area contributed by atoms with Gasteiger partial charge in [-0.15, -0.1) is 5.10 Å². The minimum Gasteiger partial charge on any atom is -0.407 e. The summed E-state index contributed by atoms with van der Waals surface area (Å²) in [5, 5.41) is 11.6. The van der Waals surface area contributed by atoms with Crippen LogP contribution >= 0.6 is 0 Å². The molecule has 0 atom stereocenters. The van der Waals surface area contributed by atoms with Crippen LogP contribution in [0.3, 0.4) is 0 Å². The molecule has 0 amide bonds. The molecule has 2 rings (SSSR count). The third-order valence-electron chi connectivity index (χ3n) is 3.69. The predicted molar refractivity (Wildman–Crippen MR) is 76.1 cm³/mol. The molecule has 0 radical (unpaired) electrons. The van der Waals surface area contributed by atoms with E-state index < -0.39 is 0 Å². The van der Waals surface area contributed by atoms with Gasteiger partial charge in [-0.25, -0.2) is 0 Å². The Labute approximate surface area is 115 Å². The Kier molecular flexibility index (Phi) is 4.45. The summed E-state index contributed by atoms with van der Waals surface area (Å²) in [6, 6.07) is 0.681. The van der Waals surface area contributed by atoms with Gasteiger partial charge in [-0.1, -0.05) is 18.4 Å². The monoisotopic (exact) mass is 266 g/mol. The molecule has 1 aromatic heterocycles. The Bertz CT molecular complexity index is 388. The lowest BCUT2D eigenvalue weighted by Crippen LogP contribution is -2.35. The Morgan fingerprint density at radius 2 is 1.95 bits per heavy atom. The van der Waals surface area contributed by atoms with E-state index >= 15 is 0 Å². The van der Waals surface area contributed by atoms with Crippen LogP contribution in [0.15, 0.2) is 4.42 Å². The lowest BCUT2D eigenvalue weighted by molar-refractivity contribution is 0.361. The zero-order valence-electron chi connectivity index (χ0n) is 12.6. The van der Waals surface area contributed by atoms with Crippen molar-refractivity contribution in [3.63, 3.8) is 0 Å². The SMILES string of the molecule is CCC1CCN(c2nnc(CNC(C)(C)C)o2)CC1. The average molecular weight is 266 g/mol. The van der Waals surface area contributed by atoms with E-state index in [1.807, 2.05) is 0 Å². The maximum atomic E-state index is 5.73. The van der Waals surface area contributed by atoms with E-state index in [0.29, 0.717) is 18.5 Å². The van der Waals surface area contributed by atoms with E-state index in [4.69, 9.17) is 4.42 Å². The van der Waals surface area contributed by atoms with Gasteiger partial charge < -0.3 is 14.6 Å². The molecule has 5 nitrogen and oxygen atoms in total. The molecule has 0 aliphatic carbocycles. The van der Waals surface area contributed by atoms with Crippen LogP contribution in [-0.4, -0.2) is 28.8 Å². The molecule has 1 N–H and O–H groups in total. The molecular weight excluding hydrogens is 240 g/mol. The van der Waals surface area contributed by atoms with Crippen molar-refractivity contribution in [1.82, 2.24) is 15.5 Å². The number of anilines is 1. The first kappa shape index (κ1) is 14.3. The smallest absolute Gasteiger partial charge is 0.318 e. The van der Waals surface area contributed by atoms with Crippen LogP contribution in [0.4, 0.5) is 6.01 Å². The van der Waals surface area contributed by atoms with Gasteiger partial charge in [0.25, 0.3) is 0 Å². The lowest BCUT2D eigenvalue weighted by Gasteiger charge is -2.29. The summed E-state index contributed by atoms with van der Waals surface area (Å²) in [5.41, 5.74) is 0.0636. The first-order chi connectivity index (χ1) is 8.98. The zero-order valence-corrected chi connectivity index (χ0v) is 12.6. The number of rotatable bonds is 4. The van der Waals surface area contributed by atoms with Gasteiger partial charge in [0.2, 0.25) is 5.89 Å². The standard InChI is InChI=1S/C14H26N4O/c1-5-11-6-8-18(9-7-11)13-17-16-12(19-13)10-15-14(2,3)4/h11,15H,5-10H2,1-4H3. The van der Waals surface area contributed by atoms with Crippen molar-refractivity contribution in [3.8, 4) is 0 Å². The molecule has 2 heterocycles. The van der Waals surface area contributed by atoms with Gasteiger partial charge in [-0.05, 0) is 39.5 Å². The fourth-order valence-electron chi connectivity index (χ4n) is 2.32.